The average molecular weight is 804 g/mol. The number of aryl methyl sites for hydroxylation is 1. The second-order valence-electron chi connectivity index (χ2n) is 16.3. The molecule has 4 aliphatic heterocycles. The molecule has 0 bridgehead atoms. The number of hydrogen-bond acceptors (Lipinski definition) is 11. The Kier molecular flexibility index (Phi) is 10.3. The molecule has 7 heterocycles. The lowest BCUT2D eigenvalue weighted by molar-refractivity contribution is -0.136. The van der Waals surface area contributed by atoms with Crippen molar-refractivity contribution in [1.82, 2.24) is 44.5 Å². The number of imide groups is 1. The number of imidazole rings is 1. The van der Waals surface area contributed by atoms with E-state index in [1.807, 2.05) is 55.8 Å². The molecule has 9 rings (SSSR count). The van der Waals surface area contributed by atoms with E-state index in [1.165, 1.54) is 6.07 Å². The van der Waals surface area contributed by atoms with Crippen LogP contribution < -0.4 is 15.5 Å². The number of benzene rings is 2. The summed E-state index contributed by atoms with van der Waals surface area (Å²) in [6.45, 7) is 12.7. The fraction of sp³-hybridized carbons (Fsp3) is 0.419. The van der Waals surface area contributed by atoms with E-state index in [0.29, 0.717) is 47.3 Å². The van der Waals surface area contributed by atoms with E-state index in [2.05, 4.69) is 51.3 Å². The van der Waals surface area contributed by atoms with Crippen LogP contribution in [-0.2, 0) is 22.7 Å². The first kappa shape index (κ1) is 38.6. The van der Waals surface area contributed by atoms with Crippen LogP contribution in [0.25, 0.3) is 22.3 Å². The van der Waals surface area contributed by atoms with Crippen molar-refractivity contribution in [2.24, 2.45) is 0 Å². The summed E-state index contributed by atoms with van der Waals surface area (Å²) >= 11 is 0. The highest BCUT2D eigenvalue weighted by Gasteiger charge is 2.39. The number of piperazine rings is 1. The Labute approximate surface area is 340 Å². The molecule has 2 N–H and O–H groups in total. The zero-order chi connectivity index (χ0) is 40.9. The van der Waals surface area contributed by atoms with E-state index in [4.69, 9.17) is 0 Å². The molecular weight excluding hydrogens is 757 g/mol. The van der Waals surface area contributed by atoms with Crippen LogP contribution in [0.5, 0.6) is 0 Å². The number of rotatable bonds is 9. The molecule has 3 fully saturated rings. The fourth-order valence-corrected chi connectivity index (χ4v) is 9.22. The van der Waals surface area contributed by atoms with Crippen molar-refractivity contribution in [1.29, 1.82) is 0 Å². The number of pyridine rings is 1. The van der Waals surface area contributed by atoms with Gasteiger partial charge in [0.25, 0.3) is 5.91 Å². The maximum atomic E-state index is 15.2. The standard InChI is InChI=1S/C43H47F2N11O3/c1-25(2)56-26(3)48-40-33(44)19-28(20-36(40)56)39-34(45)22-47-43(51-39)49-37-8-5-31(21-46-37)54-16-14-53(15-17-54)30-10-12-52(13-11-30)23-27-4-6-32-29(18-27)24-55(42(32)59)35-7-9-38(57)50-41(35)58/h4-6,8,18-22,25,30,35H,7,9-17,23-24H2,1-3H3,(H,50,57,58)(H,46,47,49,51). The Morgan fingerprint density at radius 2 is 1.68 bits per heavy atom. The van der Waals surface area contributed by atoms with Gasteiger partial charge >= 0.3 is 0 Å². The van der Waals surface area contributed by atoms with Crippen LogP contribution in [0, 0.1) is 18.6 Å². The molecule has 14 nitrogen and oxygen atoms in total. The Morgan fingerprint density at radius 1 is 0.881 bits per heavy atom. The summed E-state index contributed by atoms with van der Waals surface area (Å²) in [5.41, 5.74) is 4.87. The number of anilines is 3. The maximum Gasteiger partial charge on any atom is 0.255 e. The number of nitrogens with zero attached hydrogens (tertiary/aromatic N) is 9. The van der Waals surface area contributed by atoms with Crippen LogP contribution in [0.2, 0.25) is 0 Å². The third kappa shape index (κ3) is 7.62. The molecule has 16 heteroatoms. The topological polar surface area (TPSA) is 145 Å². The molecule has 3 aromatic heterocycles. The number of nitrogens with one attached hydrogen (secondary N) is 2. The molecule has 3 amide bonds. The number of carbonyl (C=O) groups excluding carboxylic acids is 3. The highest BCUT2D eigenvalue weighted by molar-refractivity contribution is 6.05. The summed E-state index contributed by atoms with van der Waals surface area (Å²) in [5.74, 6) is -0.677. The average Bonchev–Trinajstić information content (AvgIpc) is 3.74. The van der Waals surface area contributed by atoms with Gasteiger partial charge in [-0.25, -0.2) is 28.7 Å². The number of amides is 3. The van der Waals surface area contributed by atoms with Crippen molar-refractivity contribution < 1.29 is 23.2 Å². The Morgan fingerprint density at radius 3 is 2.41 bits per heavy atom. The number of hydrogen-bond donors (Lipinski definition) is 2. The summed E-state index contributed by atoms with van der Waals surface area (Å²) < 4.78 is 32.1. The zero-order valence-electron chi connectivity index (χ0n) is 33.4. The summed E-state index contributed by atoms with van der Waals surface area (Å²) in [5, 5.41) is 5.44. The SMILES string of the molecule is Cc1nc2c(F)cc(-c3nc(Nc4ccc(N5CCN(C6CCN(Cc7ccc8c(c7)CN(C7CCC(=O)NC7=O)C8=O)CC6)CC5)cn4)ncc3F)cc2n1C(C)C. The first-order valence-corrected chi connectivity index (χ1v) is 20.4. The third-order valence-corrected chi connectivity index (χ3v) is 12.2. The van der Waals surface area contributed by atoms with E-state index >= 15 is 8.78 Å². The molecular formula is C43H47F2N11O3. The molecule has 306 valence electrons. The van der Waals surface area contributed by atoms with E-state index < -0.39 is 17.7 Å². The predicted octanol–water partition coefficient (Wildman–Crippen LogP) is 5.35. The molecule has 0 saturated carbocycles. The van der Waals surface area contributed by atoms with Crippen LogP contribution in [0.4, 0.5) is 26.2 Å². The predicted molar refractivity (Wildman–Crippen MR) is 218 cm³/mol. The van der Waals surface area contributed by atoms with Gasteiger partial charge in [0.1, 0.15) is 28.9 Å². The minimum absolute atomic E-state index is 0.0166. The highest BCUT2D eigenvalue weighted by atomic mass is 19.1. The molecule has 1 unspecified atom stereocenters. The lowest BCUT2D eigenvalue weighted by Crippen LogP contribution is -2.53. The van der Waals surface area contributed by atoms with Gasteiger partial charge in [0.05, 0.1) is 23.6 Å². The largest absolute Gasteiger partial charge is 0.368 e. The van der Waals surface area contributed by atoms with Crippen molar-refractivity contribution >= 4 is 46.2 Å². The minimum atomic E-state index is -0.660. The first-order chi connectivity index (χ1) is 28.5. The van der Waals surface area contributed by atoms with Gasteiger partial charge in [-0.1, -0.05) is 12.1 Å². The van der Waals surface area contributed by atoms with Crippen LogP contribution in [0.1, 0.15) is 72.9 Å². The Bertz CT molecular complexity index is 2440. The molecule has 1 atom stereocenters. The molecule has 4 aliphatic rings. The number of piperidine rings is 2. The zero-order valence-corrected chi connectivity index (χ0v) is 33.4. The molecule has 59 heavy (non-hydrogen) atoms. The minimum Gasteiger partial charge on any atom is -0.368 e. The smallest absolute Gasteiger partial charge is 0.255 e. The van der Waals surface area contributed by atoms with E-state index in [9.17, 15) is 14.4 Å². The number of fused-ring (bicyclic) bond motifs is 2. The van der Waals surface area contributed by atoms with Gasteiger partial charge in [-0.3, -0.25) is 29.5 Å². The lowest BCUT2D eigenvalue weighted by atomic mass is 10.0. The normalized spacial score (nSPS) is 19.6. The molecule has 3 saturated heterocycles. The molecule has 0 aliphatic carbocycles. The molecule has 0 spiro atoms. The van der Waals surface area contributed by atoms with Crippen LogP contribution in [-0.4, -0.2) is 108 Å². The summed E-state index contributed by atoms with van der Waals surface area (Å²) in [6, 6.07) is 12.8. The summed E-state index contributed by atoms with van der Waals surface area (Å²) in [7, 11) is 0. The van der Waals surface area contributed by atoms with Crippen LogP contribution in [0.3, 0.4) is 0 Å². The third-order valence-electron chi connectivity index (χ3n) is 12.2. The Balaban J connectivity index is 0.761. The van der Waals surface area contributed by atoms with E-state index in [-0.39, 0.29) is 47.3 Å². The van der Waals surface area contributed by atoms with Crippen molar-refractivity contribution in [2.75, 3.05) is 49.5 Å². The lowest BCUT2D eigenvalue weighted by Gasteiger charge is -2.43. The van der Waals surface area contributed by atoms with Gasteiger partial charge in [-0.15, -0.1) is 0 Å². The van der Waals surface area contributed by atoms with Crippen molar-refractivity contribution in [3.8, 4) is 11.3 Å². The van der Waals surface area contributed by atoms with Gasteiger partial charge < -0.3 is 19.7 Å². The second kappa shape index (κ2) is 15.7. The van der Waals surface area contributed by atoms with Gasteiger partial charge in [0.2, 0.25) is 17.8 Å². The van der Waals surface area contributed by atoms with E-state index in [1.54, 1.807) is 11.0 Å². The quantitative estimate of drug-likeness (QED) is 0.186. The van der Waals surface area contributed by atoms with Crippen molar-refractivity contribution in [3.63, 3.8) is 0 Å². The van der Waals surface area contributed by atoms with Crippen molar-refractivity contribution in [3.05, 3.63) is 89.0 Å². The van der Waals surface area contributed by atoms with Gasteiger partial charge in [0, 0.05) is 68.9 Å². The summed E-state index contributed by atoms with van der Waals surface area (Å²) in [4.78, 5) is 63.7. The van der Waals surface area contributed by atoms with E-state index in [0.717, 1.165) is 81.7 Å². The molecule has 0 radical (unpaired) electrons. The molecule has 5 aromatic rings. The first-order valence-electron chi connectivity index (χ1n) is 20.4. The van der Waals surface area contributed by atoms with Crippen LogP contribution in [0.15, 0.2) is 54.9 Å². The molecule has 2 aromatic carbocycles. The maximum absolute atomic E-state index is 15.2. The summed E-state index contributed by atoms with van der Waals surface area (Å²) in [6.07, 6.45) is 5.69. The van der Waals surface area contributed by atoms with Gasteiger partial charge in [-0.2, -0.15) is 0 Å². The monoisotopic (exact) mass is 803 g/mol. The van der Waals surface area contributed by atoms with Crippen LogP contribution >= 0.6 is 0 Å². The number of carbonyl (C=O) groups is 3. The van der Waals surface area contributed by atoms with Gasteiger partial charge in [-0.05, 0) is 94.6 Å². The Hall–Kier alpha value is -5.87. The van der Waals surface area contributed by atoms with Crippen molar-refractivity contribution in [2.45, 2.75) is 77.7 Å². The highest BCUT2D eigenvalue weighted by Crippen LogP contribution is 2.32. The fourth-order valence-electron chi connectivity index (χ4n) is 9.22. The number of aromatic nitrogens is 5. The van der Waals surface area contributed by atoms with Gasteiger partial charge in [0.15, 0.2) is 11.6 Å². The second-order valence-corrected chi connectivity index (χ2v) is 16.3. The number of likely N-dealkylation sites (tertiary alicyclic amines) is 1. The number of halogens is 2.